The molecule has 0 atom stereocenters. The first kappa shape index (κ1) is 9.16. The Morgan fingerprint density at radius 2 is 1.81 bits per heavy atom. The molecule has 2 nitrogen and oxygen atoms in total. The first-order chi connectivity index (χ1) is 7.84. The largest absolute Gasteiger partial charge is 0.426 e. The average molecular weight is 210 g/mol. The quantitative estimate of drug-likeness (QED) is 0.724. The van der Waals surface area contributed by atoms with Gasteiger partial charge in [-0.2, -0.15) is 0 Å². The Balaban J connectivity index is 2.25. The van der Waals surface area contributed by atoms with Gasteiger partial charge in [-0.3, -0.25) is 0 Å². The summed E-state index contributed by atoms with van der Waals surface area (Å²) >= 11 is 0. The van der Waals surface area contributed by atoms with Gasteiger partial charge < -0.3 is 4.42 Å². The molecule has 1 aromatic carbocycles. The Hall–Kier alpha value is -2.09. The van der Waals surface area contributed by atoms with Gasteiger partial charge in [0.2, 0.25) is 0 Å². The number of hydrogen-bond acceptors (Lipinski definition) is 2. The molecule has 0 aliphatic heterocycles. The van der Waals surface area contributed by atoms with E-state index in [1.54, 1.807) is 6.07 Å². The second-order valence-electron chi connectivity index (χ2n) is 3.82. The van der Waals surface area contributed by atoms with Gasteiger partial charge in [-0.25, -0.2) is 4.79 Å². The third kappa shape index (κ3) is 1.39. The van der Waals surface area contributed by atoms with Crippen LogP contribution in [-0.4, -0.2) is 0 Å². The van der Waals surface area contributed by atoms with Gasteiger partial charge in [-0.05, 0) is 17.5 Å². The summed E-state index contributed by atoms with van der Waals surface area (Å²) in [5.41, 5.74) is -0.262. The fourth-order valence-corrected chi connectivity index (χ4v) is 1.94. The van der Waals surface area contributed by atoms with E-state index in [1.807, 2.05) is 48.6 Å². The maximum Gasteiger partial charge on any atom is 0.343 e. The Labute approximate surface area is 92.5 Å². The zero-order valence-electron chi connectivity index (χ0n) is 8.59. The Morgan fingerprint density at radius 3 is 2.62 bits per heavy atom. The first-order valence-electron chi connectivity index (χ1n) is 5.22. The number of fused-ring (bicyclic) bond motifs is 1. The molecule has 0 fully saturated rings. The lowest BCUT2D eigenvalue weighted by Crippen LogP contribution is -2.03. The lowest BCUT2D eigenvalue weighted by Gasteiger charge is -2.05. The van der Waals surface area contributed by atoms with Crippen LogP contribution in [0.1, 0.15) is 11.7 Å². The summed E-state index contributed by atoms with van der Waals surface area (Å²) in [6.07, 6.45) is 7.93. The molecule has 2 heteroatoms. The second-order valence-corrected chi connectivity index (χ2v) is 3.82. The lowest BCUT2D eigenvalue weighted by atomic mass is 10.1. The third-order valence-corrected chi connectivity index (χ3v) is 2.77. The van der Waals surface area contributed by atoms with Gasteiger partial charge in [0, 0.05) is 0 Å². The van der Waals surface area contributed by atoms with Crippen LogP contribution < -0.4 is 5.63 Å². The van der Waals surface area contributed by atoms with Gasteiger partial charge in [0.15, 0.2) is 0 Å². The van der Waals surface area contributed by atoms with E-state index >= 15 is 0 Å². The monoisotopic (exact) mass is 210 g/mol. The van der Waals surface area contributed by atoms with Crippen molar-refractivity contribution in [3.05, 3.63) is 70.8 Å². The predicted molar refractivity (Wildman–Crippen MR) is 63.5 cm³/mol. The SMILES string of the molecule is O=c1oc(C2C=CC=C2)cc2ccccc12. The van der Waals surface area contributed by atoms with Crippen LogP contribution in [-0.2, 0) is 0 Å². The molecule has 78 valence electrons. The molecule has 2 aromatic rings. The van der Waals surface area contributed by atoms with E-state index in [0.29, 0.717) is 11.1 Å². The van der Waals surface area contributed by atoms with Gasteiger partial charge in [0.05, 0.1) is 11.3 Å². The van der Waals surface area contributed by atoms with Gasteiger partial charge in [0.1, 0.15) is 5.76 Å². The van der Waals surface area contributed by atoms with Crippen LogP contribution in [0, 0.1) is 0 Å². The van der Waals surface area contributed by atoms with Crippen molar-refractivity contribution >= 4 is 10.8 Å². The molecule has 0 saturated carbocycles. The van der Waals surface area contributed by atoms with Gasteiger partial charge in [-0.15, -0.1) is 0 Å². The van der Waals surface area contributed by atoms with Crippen molar-refractivity contribution < 1.29 is 4.42 Å². The third-order valence-electron chi connectivity index (χ3n) is 2.77. The average Bonchev–Trinajstić information content (AvgIpc) is 2.82. The van der Waals surface area contributed by atoms with Crippen LogP contribution in [0.4, 0.5) is 0 Å². The van der Waals surface area contributed by atoms with E-state index in [9.17, 15) is 4.79 Å². The zero-order valence-corrected chi connectivity index (χ0v) is 8.59. The van der Waals surface area contributed by atoms with Crippen LogP contribution in [0.25, 0.3) is 10.8 Å². The van der Waals surface area contributed by atoms with Gasteiger partial charge >= 0.3 is 5.63 Å². The lowest BCUT2D eigenvalue weighted by molar-refractivity contribution is 0.467. The molecular formula is C14H10O2. The van der Waals surface area contributed by atoms with E-state index < -0.39 is 0 Å². The van der Waals surface area contributed by atoms with Crippen LogP contribution >= 0.6 is 0 Å². The number of allylic oxidation sites excluding steroid dienone is 4. The topological polar surface area (TPSA) is 30.2 Å². The smallest absolute Gasteiger partial charge is 0.343 e. The fraction of sp³-hybridized carbons (Fsp3) is 0.0714. The minimum Gasteiger partial charge on any atom is -0.426 e. The summed E-state index contributed by atoms with van der Waals surface area (Å²) < 4.78 is 5.32. The molecule has 16 heavy (non-hydrogen) atoms. The molecule has 0 bridgehead atoms. The molecule has 0 N–H and O–H groups in total. The molecule has 1 heterocycles. The van der Waals surface area contributed by atoms with E-state index in [2.05, 4.69) is 0 Å². The zero-order chi connectivity index (χ0) is 11.0. The van der Waals surface area contributed by atoms with Gasteiger partial charge in [-0.1, -0.05) is 42.5 Å². The highest BCUT2D eigenvalue weighted by atomic mass is 16.4. The normalized spacial score (nSPS) is 15.0. The molecule has 0 spiro atoms. The van der Waals surface area contributed by atoms with Crippen LogP contribution in [0.15, 0.2) is 63.8 Å². The second kappa shape index (κ2) is 3.49. The Morgan fingerprint density at radius 1 is 1.06 bits per heavy atom. The standard InChI is InChI=1S/C14H10O2/c15-14-12-8-4-3-7-11(12)9-13(16-14)10-5-1-2-6-10/h1-10H. The summed E-state index contributed by atoms with van der Waals surface area (Å²) in [5, 5.41) is 1.57. The van der Waals surface area contributed by atoms with Crippen molar-refractivity contribution in [2.45, 2.75) is 5.92 Å². The number of rotatable bonds is 1. The van der Waals surface area contributed by atoms with Crippen molar-refractivity contribution in [2.75, 3.05) is 0 Å². The summed E-state index contributed by atoms with van der Waals surface area (Å²) in [4.78, 5) is 11.7. The summed E-state index contributed by atoms with van der Waals surface area (Å²) in [6, 6.07) is 9.41. The fourth-order valence-electron chi connectivity index (χ4n) is 1.94. The van der Waals surface area contributed by atoms with E-state index in [0.717, 1.165) is 5.39 Å². The van der Waals surface area contributed by atoms with E-state index in [-0.39, 0.29) is 11.5 Å². The Kier molecular flexibility index (Phi) is 2.00. The molecule has 0 unspecified atom stereocenters. The van der Waals surface area contributed by atoms with Crippen molar-refractivity contribution in [1.82, 2.24) is 0 Å². The highest BCUT2D eigenvalue weighted by Crippen LogP contribution is 2.24. The van der Waals surface area contributed by atoms with E-state index in [1.165, 1.54) is 0 Å². The Bertz CT molecular complexity index is 635. The highest BCUT2D eigenvalue weighted by Gasteiger charge is 2.12. The van der Waals surface area contributed by atoms with Crippen LogP contribution in [0.5, 0.6) is 0 Å². The molecule has 1 aromatic heterocycles. The van der Waals surface area contributed by atoms with Crippen LogP contribution in [0.2, 0.25) is 0 Å². The molecular weight excluding hydrogens is 200 g/mol. The van der Waals surface area contributed by atoms with Crippen molar-refractivity contribution in [2.24, 2.45) is 0 Å². The van der Waals surface area contributed by atoms with Crippen molar-refractivity contribution in [3.8, 4) is 0 Å². The molecule has 0 amide bonds. The summed E-state index contributed by atoms with van der Waals surface area (Å²) in [6.45, 7) is 0. The summed E-state index contributed by atoms with van der Waals surface area (Å²) in [7, 11) is 0. The summed E-state index contributed by atoms with van der Waals surface area (Å²) in [5.74, 6) is 0.797. The van der Waals surface area contributed by atoms with Crippen molar-refractivity contribution in [1.29, 1.82) is 0 Å². The molecule has 0 radical (unpaired) electrons. The molecule has 1 aliphatic carbocycles. The minimum absolute atomic E-state index is 0.0947. The van der Waals surface area contributed by atoms with Crippen LogP contribution in [0.3, 0.4) is 0 Å². The number of benzene rings is 1. The minimum atomic E-state index is -0.262. The number of hydrogen-bond donors (Lipinski definition) is 0. The van der Waals surface area contributed by atoms with E-state index in [4.69, 9.17) is 4.42 Å². The van der Waals surface area contributed by atoms with Crippen molar-refractivity contribution in [3.63, 3.8) is 0 Å². The maximum atomic E-state index is 11.7. The molecule has 3 rings (SSSR count). The van der Waals surface area contributed by atoms with Gasteiger partial charge in [0.25, 0.3) is 0 Å². The highest BCUT2D eigenvalue weighted by molar-refractivity contribution is 5.81. The first-order valence-corrected chi connectivity index (χ1v) is 5.22. The molecule has 1 aliphatic rings. The molecule has 0 saturated heterocycles. The predicted octanol–water partition coefficient (Wildman–Crippen LogP) is 3.00. The maximum absolute atomic E-state index is 11.7.